The van der Waals surface area contributed by atoms with Crippen molar-refractivity contribution < 1.29 is 9.72 Å². The van der Waals surface area contributed by atoms with Crippen LogP contribution in [0.5, 0.6) is 0 Å². The number of nitrogens with one attached hydrogen (secondary N) is 1. The van der Waals surface area contributed by atoms with Gasteiger partial charge in [0.25, 0.3) is 5.69 Å². The van der Waals surface area contributed by atoms with Crippen LogP contribution in [-0.2, 0) is 24.3 Å². The number of fused-ring (bicyclic) bond motifs is 3. The summed E-state index contributed by atoms with van der Waals surface area (Å²) in [6, 6.07) is 19.2. The van der Waals surface area contributed by atoms with Crippen molar-refractivity contribution in [2.45, 2.75) is 25.6 Å². The molecule has 5 rings (SSSR count). The third kappa shape index (κ3) is 4.63. The number of hydrogen-bond donors (Lipinski definition) is 1. The molecule has 2 atom stereocenters. The van der Waals surface area contributed by atoms with Crippen molar-refractivity contribution in [2.75, 3.05) is 24.5 Å². The largest absolute Gasteiger partial charge is 0.365 e. The SMILES string of the molecule is O=C(NCc1cccnc1)[C@H]1Cc2cc([N+](=O)[O-])ccc2N2CCN(Cc3ccccc3)C[C@H]12. The maximum Gasteiger partial charge on any atom is 0.269 e. The van der Waals surface area contributed by atoms with Gasteiger partial charge in [0.2, 0.25) is 5.91 Å². The number of anilines is 1. The Kier molecular flexibility index (Phi) is 6.22. The summed E-state index contributed by atoms with van der Waals surface area (Å²) in [4.78, 5) is 33.2. The van der Waals surface area contributed by atoms with E-state index in [2.05, 4.69) is 32.2 Å². The molecule has 0 saturated carbocycles. The van der Waals surface area contributed by atoms with Crippen molar-refractivity contribution in [3.8, 4) is 0 Å². The molecule has 0 spiro atoms. The molecule has 8 nitrogen and oxygen atoms in total. The highest BCUT2D eigenvalue weighted by molar-refractivity contribution is 5.82. The van der Waals surface area contributed by atoms with E-state index in [-0.39, 0.29) is 28.5 Å². The topological polar surface area (TPSA) is 91.6 Å². The van der Waals surface area contributed by atoms with Gasteiger partial charge in [-0.3, -0.25) is 24.8 Å². The second kappa shape index (κ2) is 9.61. The van der Waals surface area contributed by atoms with E-state index in [1.165, 1.54) is 5.56 Å². The van der Waals surface area contributed by atoms with Crippen LogP contribution in [0.25, 0.3) is 0 Å². The van der Waals surface area contributed by atoms with Crippen molar-refractivity contribution >= 4 is 17.3 Å². The molecule has 174 valence electrons. The average molecular weight is 458 g/mol. The molecule has 0 bridgehead atoms. The molecular formula is C26H27N5O3. The molecule has 8 heteroatoms. The highest BCUT2D eigenvalue weighted by Crippen LogP contribution is 2.38. The van der Waals surface area contributed by atoms with Crippen LogP contribution in [0.4, 0.5) is 11.4 Å². The molecule has 1 fully saturated rings. The first kappa shape index (κ1) is 22.0. The van der Waals surface area contributed by atoms with E-state index in [0.717, 1.165) is 43.0 Å². The Morgan fingerprint density at radius 3 is 2.68 bits per heavy atom. The van der Waals surface area contributed by atoms with Crippen LogP contribution in [0.2, 0.25) is 0 Å². The molecule has 2 aliphatic heterocycles. The minimum Gasteiger partial charge on any atom is -0.365 e. The molecule has 3 heterocycles. The van der Waals surface area contributed by atoms with Crippen molar-refractivity contribution in [3.05, 3.63) is 99.9 Å². The van der Waals surface area contributed by atoms with E-state index in [1.807, 2.05) is 36.4 Å². The fourth-order valence-corrected chi connectivity index (χ4v) is 5.09. The van der Waals surface area contributed by atoms with E-state index < -0.39 is 0 Å². The first-order valence-electron chi connectivity index (χ1n) is 11.6. The average Bonchev–Trinajstić information content (AvgIpc) is 2.87. The molecule has 1 amide bonds. The molecule has 0 aliphatic carbocycles. The standard InChI is InChI=1S/C26H27N5O3/c32-26(28-16-20-7-4-10-27-15-20)23-14-21-13-22(31(33)34)8-9-24(21)30-12-11-29(18-25(23)30)17-19-5-2-1-3-6-19/h1-10,13,15,23,25H,11-12,14,16-18H2,(H,28,32)/t23-,25+/m0/s1. The Balaban J connectivity index is 1.39. The Morgan fingerprint density at radius 2 is 1.91 bits per heavy atom. The predicted octanol–water partition coefficient (Wildman–Crippen LogP) is 3.17. The quantitative estimate of drug-likeness (QED) is 0.452. The van der Waals surface area contributed by atoms with Gasteiger partial charge < -0.3 is 10.2 Å². The van der Waals surface area contributed by atoms with Crippen LogP contribution in [0.3, 0.4) is 0 Å². The summed E-state index contributed by atoms with van der Waals surface area (Å²) < 4.78 is 0. The van der Waals surface area contributed by atoms with Crippen LogP contribution in [0.1, 0.15) is 16.7 Å². The number of nitrogens with zero attached hydrogens (tertiary/aromatic N) is 4. The van der Waals surface area contributed by atoms with Crippen molar-refractivity contribution in [2.24, 2.45) is 5.92 Å². The lowest BCUT2D eigenvalue weighted by molar-refractivity contribution is -0.384. The molecule has 2 aliphatic rings. The summed E-state index contributed by atoms with van der Waals surface area (Å²) in [5, 5.41) is 14.4. The van der Waals surface area contributed by atoms with E-state index in [0.29, 0.717) is 13.0 Å². The number of carbonyl (C=O) groups is 1. The highest BCUT2D eigenvalue weighted by Gasteiger charge is 2.41. The first-order valence-corrected chi connectivity index (χ1v) is 11.6. The Bertz CT molecular complexity index is 1170. The van der Waals surface area contributed by atoms with Crippen molar-refractivity contribution in [3.63, 3.8) is 0 Å². The van der Waals surface area contributed by atoms with Crippen LogP contribution in [-0.4, -0.2) is 46.4 Å². The normalized spacial score (nSPS) is 19.7. The van der Waals surface area contributed by atoms with Crippen molar-refractivity contribution in [1.82, 2.24) is 15.2 Å². The van der Waals surface area contributed by atoms with Gasteiger partial charge >= 0.3 is 0 Å². The number of rotatable bonds is 6. The number of piperazine rings is 1. The first-order chi connectivity index (χ1) is 16.6. The van der Waals surface area contributed by atoms with Crippen LogP contribution in [0.15, 0.2) is 73.1 Å². The molecule has 34 heavy (non-hydrogen) atoms. The number of hydrogen-bond acceptors (Lipinski definition) is 6. The van der Waals surface area contributed by atoms with E-state index in [9.17, 15) is 14.9 Å². The van der Waals surface area contributed by atoms with Gasteiger partial charge in [0, 0.05) is 62.9 Å². The number of nitro benzene ring substituents is 1. The lowest BCUT2D eigenvalue weighted by Gasteiger charge is -2.49. The molecule has 3 aromatic rings. The zero-order valence-corrected chi connectivity index (χ0v) is 18.8. The molecule has 1 N–H and O–H groups in total. The van der Waals surface area contributed by atoms with Crippen LogP contribution in [0, 0.1) is 16.0 Å². The summed E-state index contributed by atoms with van der Waals surface area (Å²) in [6.07, 6.45) is 3.93. The van der Waals surface area contributed by atoms with Crippen LogP contribution >= 0.6 is 0 Å². The summed E-state index contributed by atoms with van der Waals surface area (Å²) in [7, 11) is 0. The van der Waals surface area contributed by atoms with Gasteiger partial charge in [-0.1, -0.05) is 36.4 Å². The number of benzene rings is 2. The second-order valence-corrected chi connectivity index (χ2v) is 8.94. The Hall–Kier alpha value is -3.78. The Morgan fingerprint density at radius 1 is 1.09 bits per heavy atom. The summed E-state index contributed by atoms with van der Waals surface area (Å²) in [5.74, 6) is -0.331. The number of non-ortho nitro benzene ring substituents is 1. The van der Waals surface area contributed by atoms with Crippen molar-refractivity contribution in [1.29, 1.82) is 0 Å². The van der Waals surface area contributed by atoms with Gasteiger partial charge in [0.15, 0.2) is 0 Å². The monoisotopic (exact) mass is 457 g/mol. The Labute approximate surface area is 198 Å². The van der Waals surface area contributed by atoms with Gasteiger partial charge in [-0.15, -0.1) is 0 Å². The fraction of sp³-hybridized carbons (Fsp3) is 0.308. The molecule has 2 aromatic carbocycles. The van der Waals surface area contributed by atoms with E-state index in [1.54, 1.807) is 24.5 Å². The predicted molar refractivity (Wildman–Crippen MR) is 129 cm³/mol. The van der Waals surface area contributed by atoms with Gasteiger partial charge in [-0.2, -0.15) is 0 Å². The van der Waals surface area contributed by atoms with Crippen LogP contribution < -0.4 is 10.2 Å². The van der Waals surface area contributed by atoms with E-state index >= 15 is 0 Å². The number of amides is 1. The number of aromatic nitrogens is 1. The summed E-state index contributed by atoms with van der Waals surface area (Å²) in [5.41, 5.74) is 4.12. The molecular weight excluding hydrogens is 430 g/mol. The molecule has 1 saturated heterocycles. The van der Waals surface area contributed by atoms with Gasteiger partial charge in [0.1, 0.15) is 0 Å². The minimum absolute atomic E-state index is 0.000293. The zero-order valence-electron chi connectivity index (χ0n) is 18.8. The van der Waals surface area contributed by atoms with Gasteiger partial charge in [-0.05, 0) is 35.2 Å². The molecule has 0 unspecified atom stereocenters. The smallest absolute Gasteiger partial charge is 0.269 e. The lowest BCUT2D eigenvalue weighted by atomic mass is 9.83. The number of nitro groups is 1. The minimum atomic E-state index is -0.373. The number of pyridine rings is 1. The fourth-order valence-electron chi connectivity index (χ4n) is 5.09. The zero-order chi connectivity index (χ0) is 23.5. The van der Waals surface area contributed by atoms with Gasteiger partial charge in [-0.25, -0.2) is 0 Å². The second-order valence-electron chi connectivity index (χ2n) is 8.94. The lowest BCUT2D eigenvalue weighted by Crippen LogP contribution is -2.60. The number of carbonyl (C=O) groups excluding carboxylic acids is 1. The summed E-state index contributed by atoms with van der Waals surface area (Å²) >= 11 is 0. The highest BCUT2D eigenvalue weighted by atomic mass is 16.6. The molecule has 1 aromatic heterocycles. The summed E-state index contributed by atoms with van der Waals surface area (Å²) in [6.45, 7) is 3.64. The molecule has 0 radical (unpaired) electrons. The third-order valence-electron chi connectivity index (χ3n) is 6.77. The maximum absolute atomic E-state index is 13.4. The van der Waals surface area contributed by atoms with E-state index in [4.69, 9.17) is 0 Å². The third-order valence-corrected chi connectivity index (χ3v) is 6.77. The maximum atomic E-state index is 13.4. The van der Waals surface area contributed by atoms with Gasteiger partial charge in [0.05, 0.1) is 16.9 Å².